The molecule has 2 rings (SSSR count). The Labute approximate surface area is 106 Å². The lowest BCUT2D eigenvalue weighted by Gasteiger charge is -2.32. The molecule has 0 N–H and O–H groups in total. The van der Waals surface area contributed by atoms with E-state index in [9.17, 15) is 14.9 Å². The molecule has 0 radical (unpaired) electrons. The molecule has 0 aliphatic carbocycles. The van der Waals surface area contributed by atoms with Crippen molar-refractivity contribution in [2.45, 2.75) is 19.8 Å². The van der Waals surface area contributed by atoms with Gasteiger partial charge in [0.1, 0.15) is 0 Å². The fourth-order valence-electron chi connectivity index (χ4n) is 2.41. The topological polar surface area (TPSA) is 63.5 Å². The first-order chi connectivity index (χ1) is 8.61. The van der Waals surface area contributed by atoms with Crippen LogP contribution in [-0.4, -0.2) is 24.3 Å². The Balaban J connectivity index is 2.31. The van der Waals surface area contributed by atoms with Crippen molar-refractivity contribution in [1.82, 2.24) is 0 Å². The average Bonchev–Trinajstić information content (AvgIpc) is 2.38. The highest BCUT2D eigenvalue weighted by molar-refractivity contribution is 5.83. The lowest BCUT2D eigenvalue weighted by Crippen LogP contribution is -2.34. The van der Waals surface area contributed by atoms with Gasteiger partial charge in [0.25, 0.3) is 5.69 Å². The van der Waals surface area contributed by atoms with Crippen molar-refractivity contribution in [2.24, 2.45) is 5.92 Å². The van der Waals surface area contributed by atoms with Gasteiger partial charge in [-0.2, -0.15) is 0 Å². The molecule has 1 aromatic carbocycles. The number of nitrogens with zero attached hydrogens (tertiary/aromatic N) is 2. The van der Waals surface area contributed by atoms with Crippen molar-refractivity contribution in [1.29, 1.82) is 0 Å². The third kappa shape index (κ3) is 2.50. The summed E-state index contributed by atoms with van der Waals surface area (Å²) in [6, 6.07) is 4.82. The van der Waals surface area contributed by atoms with Gasteiger partial charge >= 0.3 is 0 Å². The summed E-state index contributed by atoms with van der Waals surface area (Å²) in [5, 5.41) is 10.9. The fourth-order valence-corrected chi connectivity index (χ4v) is 2.41. The summed E-state index contributed by atoms with van der Waals surface area (Å²) in [5.41, 5.74) is 0.855. The highest BCUT2D eigenvalue weighted by atomic mass is 16.6. The number of carbonyl (C=O) groups is 1. The van der Waals surface area contributed by atoms with Crippen LogP contribution in [0.3, 0.4) is 0 Å². The molecule has 0 amide bonds. The Bertz CT molecular complexity index is 473. The first kappa shape index (κ1) is 12.5. The van der Waals surface area contributed by atoms with Crippen LogP contribution in [0.15, 0.2) is 18.2 Å². The standard InChI is InChI=1S/C13H16N2O3/c1-10-3-2-6-14(8-10)12-5-4-11(9-16)13(7-12)15(17)18/h4-5,7,9-10H,2-3,6,8H2,1H3. The fraction of sp³-hybridized carbons (Fsp3) is 0.462. The highest BCUT2D eigenvalue weighted by Crippen LogP contribution is 2.28. The predicted molar refractivity (Wildman–Crippen MR) is 69.1 cm³/mol. The summed E-state index contributed by atoms with van der Waals surface area (Å²) < 4.78 is 0. The highest BCUT2D eigenvalue weighted by Gasteiger charge is 2.20. The third-order valence-corrected chi connectivity index (χ3v) is 3.36. The van der Waals surface area contributed by atoms with Crippen molar-refractivity contribution in [2.75, 3.05) is 18.0 Å². The Morgan fingerprint density at radius 1 is 1.50 bits per heavy atom. The van der Waals surface area contributed by atoms with Crippen LogP contribution in [0.2, 0.25) is 0 Å². The maximum atomic E-state index is 10.9. The van der Waals surface area contributed by atoms with Crippen LogP contribution >= 0.6 is 0 Å². The Morgan fingerprint density at radius 2 is 2.28 bits per heavy atom. The molecule has 0 bridgehead atoms. The molecule has 0 aromatic heterocycles. The number of nitro benzene ring substituents is 1. The van der Waals surface area contributed by atoms with E-state index in [1.165, 1.54) is 18.6 Å². The monoisotopic (exact) mass is 248 g/mol. The van der Waals surface area contributed by atoms with Gasteiger partial charge in [-0.3, -0.25) is 14.9 Å². The molecular formula is C13H16N2O3. The van der Waals surface area contributed by atoms with Crippen LogP contribution in [-0.2, 0) is 0 Å². The van der Waals surface area contributed by atoms with Crippen LogP contribution in [0.25, 0.3) is 0 Å². The number of piperidine rings is 1. The molecule has 1 aliphatic heterocycles. The molecule has 5 nitrogen and oxygen atoms in total. The van der Waals surface area contributed by atoms with E-state index in [0.717, 1.165) is 25.2 Å². The minimum atomic E-state index is -0.499. The predicted octanol–water partition coefficient (Wildman–Crippen LogP) is 2.64. The van der Waals surface area contributed by atoms with Crippen LogP contribution in [0.5, 0.6) is 0 Å². The number of aldehydes is 1. The lowest BCUT2D eigenvalue weighted by molar-refractivity contribution is -0.385. The molecule has 96 valence electrons. The Kier molecular flexibility index (Phi) is 3.60. The molecule has 1 heterocycles. The summed E-state index contributed by atoms with van der Waals surface area (Å²) in [6.45, 7) is 4.01. The molecule has 1 unspecified atom stereocenters. The van der Waals surface area contributed by atoms with Gasteiger partial charge in [-0.25, -0.2) is 0 Å². The van der Waals surface area contributed by atoms with Gasteiger partial charge in [0.2, 0.25) is 0 Å². The van der Waals surface area contributed by atoms with E-state index in [2.05, 4.69) is 11.8 Å². The maximum Gasteiger partial charge on any atom is 0.281 e. The number of hydrogen-bond acceptors (Lipinski definition) is 4. The van der Waals surface area contributed by atoms with Crippen LogP contribution in [0.4, 0.5) is 11.4 Å². The van der Waals surface area contributed by atoms with E-state index in [1.54, 1.807) is 6.07 Å². The number of hydrogen-bond donors (Lipinski definition) is 0. The number of carbonyl (C=O) groups excluding carboxylic acids is 1. The van der Waals surface area contributed by atoms with Gasteiger partial charge in [-0.15, -0.1) is 0 Å². The van der Waals surface area contributed by atoms with Gasteiger partial charge in [0.05, 0.1) is 10.5 Å². The lowest BCUT2D eigenvalue weighted by atomic mass is 9.99. The Morgan fingerprint density at radius 3 is 2.89 bits per heavy atom. The molecular weight excluding hydrogens is 232 g/mol. The molecule has 1 fully saturated rings. The average molecular weight is 248 g/mol. The minimum absolute atomic E-state index is 0.110. The largest absolute Gasteiger partial charge is 0.371 e. The molecule has 1 atom stereocenters. The zero-order chi connectivity index (χ0) is 13.1. The number of rotatable bonds is 3. The summed E-state index contributed by atoms with van der Waals surface area (Å²) in [5.74, 6) is 0.601. The van der Waals surface area contributed by atoms with Crippen molar-refractivity contribution >= 4 is 17.7 Å². The van der Waals surface area contributed by atoms with Crippen molar-refractivity contribution in [3.05, 3.63) is 33.9 Å². The van der Waals surface area contributed by atoms with Crippen LogP contribution in [0, 0.1) is 16.0 Å². The van der Waals surface area contributed by atoms with Gasteiger partial charge < -0.3 is 4.90 Å². The molecule has 1 aromatic rings. The van der Waals surface area contributed by atoms with Crippen LogP contribution in [0.1, 0.15) is 30.1 Å². The van der Waals surface area contributed by atoms with Crippen molar-refractivity contribution in [3.8, 4) is 0 Å². The maximum absolute atomic E-state index is 10.9. The van der Waals surface area contributed by atoms with Gasteiger partial charge in [0.15, 0.2) is 6.29 Å². The van der Waals surface area contributed by atoms with Gasteiger partial charge in [-0.05, 0) is 30.9 Å². The molecule has 1 saturated heterocycles. The quantitative estimate of drug-likeness (QED) is 0.468. The zero-order valence-electron chi connectivity index (χ0n) is 10.3. The summed E-state index contributed by atoms with van der Waals surface area (Å²) in [7, 11) is 0. The van der Waals surface area contributed by atoms with E-state index in [4.69, 9.17) is 0 Å². The molecule has 5 heteroatoms. The Hall–Kier alpha value is -1.91. The number of nitro groups is 1. The van der Waals surface area contributed by atoms with E-state index >= 15 is 0 Å². The molecule has 0 saturated carbocycles. The van der Waals surface area contributed by atoms with E-state index in [-0.39, 0.29) is 11.3 Å². The normalized spacial score (nSPS) is 19.6. The second-order valence-electron chi connectivity index (χ2n) is 4.81. The van der Waals surface area contributed by atoms with Gasteiger partial charge in [0, 0.05) is 24.8 Å². The summed E-state index contributed by atoms with van der Waals surface area (Å²) in [6.07, 6.45) is 2.83. The van der Waals surface area contributed by atoms with E-state index < -0.39 is 4.92 Å². The van der Waals surface area contributed by atoms with Gasteiger partial charge in [-0.1, -0.05) is 6.92 Å². The number of benzene rings is 1. The number of anilines is 1. The molecule has 0 spiro atoms. The molecule has 18 heavy (non-hydrogen) atoms. The van der Waals surface area contributed by atoms with E-state index in [1.807, 2.05) is 0 Å². The van der Waals surface area contributed by atoms with Crippen molar-refractivity contribution in [3.63, 3.8) is 0 Å². The smallest absolute Gasteiger partial charge is 0.281 e. The third-order valence-electron chi connectivity index (χ3n) is 3.36. The second-order valence-corrected chi connectivity index (χ2v) is 4.81. The van der Waals surface area contributed by atoms with Crippen LogP contribution < -0.4 is 4.90 Å². The van der Waals surface area contributed by atoms with Crippen molar-refractivity contribution < 1.29 is 9.72 Å². The SMILES string of the molecule is CC1CCCN(c2ccc(C=O)c([N+](=O)[O-])c2)C1. The second kappa shape index (κ2) is 5.16. The summed E-state index contributed by atoms with van der Waals surface area (Å²) in [4.78, 5) is 23.3. The summed E-state index contributed by atoms with van der Waals surface area (Å²) >= 11 is 0. The molecule has 1 aliphatic rings. The first-order valence-electron chi connectivity index (χ1n) is 6.10. The van der Waals surface area contributed by atoms with E-state index in [0.29, 0.717) is 12.2 Å². The zero-order valence-corrected chi connectivity index (χ0v) is 10.3. The minimum Gasteiger partial charge on any atom is -0.371 e. The first-order valence-corrected chi connectivity index (χ1v) is 6.10.